The Hall–Kier alpha value is -2.18. The maximum absolute atomic E-state index is 13.1. The van der Waals surface area contributed by atoms with E-state index in [1.165, 1.54) is 10.5 Å². The summed E-state index contributed by atoms with van der Waals surface area (Å²) in [6.07, 6.45) is 2.92. The first kappa shape index (κ1) is 19.2. The molecule has 1 unspecified atom stereocenters. The van der Waals surface area contributed by atoms with Gasteiger partial charge in [-0.1, -0.05) is 30.3 Å². The number of carbonyl (C=O) groups excluding carboxylic acids is 2. The number of carbonyl (C=O) groups is 2. The number of hydrogen-bond acceptors (Lipinski definition) is 4. The molecule has 28 heavy (non-hydrogen) atoms. The number of amides is 3. The summed E-state index contributed by atoms with van der Waals surface area (Å²) in [7, 11) is 0. The maximum atomic E-state index is 13.1. The zero-order valence-electron chi connectivity index (χ0n) is 16.3. The van der Waals surface area contributed by atoms with Crippen LogP contribution in [0.5, 0.6) is 0 Å². The number of likely N-dealkylation sites (tertiary alicyclic amines) is 1. The minimum Gasteiger partial charge on any atom is -0.323 e. The summed E-state index contributed by atoms with van der Waals surface area (Å²) in [6.45, 7) is 5.25. The van der Waals surface area contributed by atoms with Crippen LogP contribution in [0, 0.1) is 5.92 Å². The average Bonchev–Trinajstić information content (AvgIpc) is 3.31. The number of benzene rings is 1. The molecular weight excluding hydrogens is 370 g/mol. The Labute approximate surface area is 170 Å². The topological polar surface area (TPSA) is 52.7 Å². The summed E-state index contributed by atoms with van der Waals surface area (Å²) < 4.78 is 0. The Morgan fingerprint density at radius 3 is 2.54 bits per heavy atom. The number of imide groups is 1. The predicted molar refractivity (Wildman–Crippen MR) is 111 cm³/mol. The van der Waals surface area contributed by atoms with Crippen molar-refractivity contribution in [2.75, 3.05) is 19.6 Å². The zero-order valence-corrected chi connectivity index (χ0v) is 17.1. The quantitative estimate of drug-likeness (QED) is 0.759. The summed E-state index contributed by atoms with van der Waals surface area (Å²) in [6, 6.07) is 12.3. The molecule has 0 saturated carbocycles. The molecule has 2 aromatic rings. The first-order valence-corrected chi connectivity index (χ1v) is 10.9. The van der Waals surface area contributed by atoms with E-state index >= 15 is 0 Å². The van der Waals surface area contributed by atoms with Gasteiger partial charge in [-0.3, -0.25) is 9.69 Å². The lowest BCUT2D eigenvalue weighted by molar-refractivity contribution is -0.133. The lowest BCUT2D eigenvalue weighted by atomic mass is 9.79. The highest BCUT2D eigenvalue weighted by Gasteiger charge is 2.52. The van der Waals surface area contributed by atoms with Crippen LogP contribution in [0.15, 0.2) is 47.2 Å². The molecule has 3 heterocycles. The normalized spacial score (nSPS) is 24.0. The Morgan fingerprint density at radius 1 is 1.11 bits per heavy atom. The van der Waals surface area contributed by atoms with E-state index in [1.807, 2.05) is 29.8 Å². The molecule has 0 aliphatic carbocycles. The minimum atomic E-state index is -0.779. The van der Waals surface area contributed by atoms with E-state index in [2.05, 4.69) is 34.5 Å². The number of thiophene rings is 1. The van der Waals surface area contributed by atoms with Crippen molar-refractivity contribution in [1.29, 1.82) is 0 Å². The van der Waals surface area contributed by atoms with Crippen molar-refractivity contribution < 1.29 is 9.59 Å². The van der Waals surface area contributed by atoms with E-state index in [0.717, 1.165) is 44.5 Å². The van der Waals surface area contributed by atoms with Crippen molar-refractivity contribution in [2.45, 2.75) is 38.3 Å². The van der Waals surface area contributed by atoms with Crippen molar-refractivity contribution in [3.63, 3.8) is 0 Å². The molecule has 4 rings (SSSR count). The highest BCUT2D eigenvalue weighted by molar-refractivity contribution is 7.07. The summed E-state index contributed by atoms with van der Waals surface area (Å²) in [5.74, 6) is 0.107. The van der Waals surface area contributed by atoms with E-state index in [9.17, 15) is 9.59 Å². The molecule has 1 N–H and O–H groups in total. The van der Waals surface area contributed by atoms with Gasteiger partial charge in [0.15, 0.2) is 0 Å². The van der Waals surface area contributed by atoms with Crippen LogP contribution >= 0.6 is 11.3 Å². The third-order valence-corrected chi connectivity index (χ3v) is 6.92. The van der Waals surface area contributed by atoms with E-state index in [0.29, 0.717) is 6.54 Å². The molecule has 3 amide bonds. The largest absolute Gasteiger partial charge is 0.325 e. The number of hydrogen-bond donors (Lipinski definition) is 1. The van der Waals surface area contributed by atoms with Crippen molar-refractivity contribution in [1.82, 2.24) is 15.1 Å². The van der Waals surface area contributed by atoms with E-state index < -0.39 is 5.54 Å². The molecule has 148 valence electrons. The number of rotatable bonds is 6. The lowest BCUT2D eigenvalue weighted by Crippen LogP contribution is -2.54. The summed E-state index contributed by atoms with van der Waals surface area (Å²) in [5.41, 5.74) is 1.59. The van der Waals surface area contributed by atoms with E-state index in [4.69, 9.17) is 0 Å². The van der Waals surface area contributed by atoms with Gasteiger partial charge in [0, 0.05) is 6.54 Å². The van der Waals surface area contributed by atoms with Gasteiger partial charge in [-0.2, -0.15) is 11.3 Å². The smallest absolute Gasteiger partial charge is 0.323 e. The Morgan fingerprint density at radius 2 is 1.86 bits per heavy atom. The first-order chi connectivity index (χ1) is 13.6. The second-order valence-corrected chi connectivity index (χ2v) is 8.79. The highest BCUT2D eigenvalue weighted by Crippen LogP contribution is 2.34. The van der Waals surface area contributed by atoms with Gasteiger partial charge in [0.2, 0.25) is 0 Å². The van der Waals surface area contributed by atoms with Crippen LogP contribution in [0.4, 0.5) is 4.79 Å². The van der Waals surface area contributed by atoms with Crippen LogP contribution in [0.1, 0.15) is 30.9 Å². The fourth-order valence-corrected chi connectivity index (χ4v) is 5.03. The molecular formula is C22H27N3O2S. The summed E-state index contributed by atoms with van der Waals surface area (Å²) >= 11 is 1.58. The SMILES string of the molecule is CC1(C2CCN(CCc3ccccc3)CC2)NC(=O)N(Cc2ccsc2)C1=O. The molecule has 2 fully saturated rings. The fourth-order valence-electron chi connectivity index (χ4n) is 4.37. The van der Waals surface area contributed by atoms with Gasteiger partial charge in [0.1, 0.15) is 5.54 Å². The van der Waals surface area contributed by atoms with Gasteiger partial charge in [-0.15, -0.1) is 0 Å². The number of urea groups is 1. The molecule has 2 aliphatic rings. The second-order valence-electron chi connectivity index (χ2n) is 8.01. The number of nitrogens with zero attached hydrogens (tertiary/aromatic N) is 2. The van der Waals surface area contributed by atoms with Crippen LogP contribution in [0.25, 0.3) is 0 Å². The molecule has 2 aliphatic heterocycles. The standard InChI is InChI=1S/C22H27N3O2S/c1-22(20(26)25(21(27)23-22)15-18-10-14-28-16-18)19-8-12-24(13-9-19)11-7-17-5-3-2-4-6-17/h2-6,10,14,16,19H,7-9,11-13,15H2,1H3,(H,23,27). The molecule has 5 nitrogen and oxygen atoms in total. The van der Waals surface area contributed by atoms with Crippen LogP contribution in [-0.4, -0.2) is 46.9 Å². The molecule has 0 bridgehead atoms. The van der Waals surface area contributed by atoms with Crippen molar-refractivity contribution in [2.24, 2.45) is 5.92 Å². The maximum Gasteiger partial charge on any atom is 0.325 e. The molecule has 1 aromatic heterocycles. The Balaban J connectivity index is 1.33. The van der Waals surface area contributed by atoms with E-state index in [1.54, 1.807) is 11.3 Å². The lowest BCUT2D eigenvalue weighted by Gasteiger charge is -2.39. The summed E-state index contributed by atoms with van der Waals surface area (Å²) in [4.78, 5) is 29.4. The molecule has 6 heteroatoms. The molecule has 0 radical (unpaired) electrons. The van der Waals surface area contributed by atoms with Gasteiger partial charge in [-0.05, 0) is 73.1 Å². The van der Waals surface area contributed by atoms with Crippen LogP contribution in [0.3, 0.4) is 0 Å². The molecule has 2 saturated heterocycles. The Kier molecular flexibility index (Phi) is 5.51. The fraction of sp³-hybridized carbons (Fsp3) is 0.455. The average molecular weight is 398 g/mol. The highest BCUT2D eigenvalue weighted by atomic mass is 32.1. The number of nitrogens with one attached hydrogen (secondary N) is 1. The van der Waals surface area contributed by atoms with Gasteiger partial charge in [0.05, 0.1) is 6.54 Å². The third-order valence-electron chi connectivity index (χ3n) is 6.19. The molecule has 0 spiro atoms. The van der Waals surface area contributed by atoms with Crippen molar-refractivity contribution in [3.8, 4) is 0 Å². The number of piperidine rings is 1. The second kappa shape index (κ2) is 8.05. The van der Waals surface area contributed by atoms with Crippen molar-refractivity contribution >= 4 is 23.3 Å². The predicted octanol–water partition coefficient (Wildman–Crippen LogP) is 3.51. The van der Waals surface area contributed by atoms with Gasteiger partial charge in [-0.25, -0.2) is 4.79 Å². The van der Waals surface area contributed by atoms with Crippen molar-refractivity contribution in [3.05, 3.63) is 58.3 Å². The van der Waals surface area contributed by atoms with Gasteiger partial charge in [0.25, 0.3) is 5.91 Å². The van der Waals surface area contributed by atoms with E-state index in [-0.39, 0.29) is 17.9 Å². The van der Waals surface area contributed by atoms with Gasteiger partial charge < -0.3 is 10.2 Å². The zero-order chi connectivity index (χ0) is 19.6. The van der Waals surface area contributed by atoms with Crippen LogP contribution in [0.2, 0.25) is 0 Å². The van der Waals surface area contributed by atoms with Crippen LogP contribution in [-0.2, 0) is 17.8 Å². The third kappa shape index (κ3) is 3.84. The first-order valence-electron chi connectivity index (χ1n) is 9.98. The molecule has 1 aromatic carbocycles. The van der Waals surface area contributed by atoms with Gasteiger partial charge >= 0.3 is 6.03 Å². The summed E-state index contributed by atoms with van der Waals surface area (Å²) in [5, 5.41) is 6.97. The van der Waals surface area contributed by atoms with Crippen LogP contribution < -0.4 is 5.32 Å². The Bertz CT molecular complexity index is 816. The monoisotopic (exact) mass is 397 g/mol. The molecule has 1 atom stereocenters. The minimum absolute atomic E-state index is 0.0774.